The van der Waals surface area contributed by atoms with E-state index in [1.807, 2.05) is 0 Å². The second kappa shape index (κ2) is 12.2. The third-order valence-electron chi connectivity index (χ3n) is 5.36. The van der Waals surface area contributed by atoms with Crippen LogP contribution in [0.25, 0.3) is 11.4 Å². The summed E-state index contributed by atoms with van der Waals surface area (Å²) in [6.45, 7) is -1.75. The number of aromatic nitrogens is 3. The molecule has 1 aromatic heterocycles. The number of carbonyl (C=O) groups is 2. The number of alkyl halides is 3. The summed E-state index contributed by atoms with van der Waals surface area (Å²) in [5.74, 6) is -0.768. The lowest BCUT2D eigenvalue weighted by Gasteiger charge is -2.18. The maximum atomic E-state index is 13.0. The number of halogens is 6. The van der Waals surface area contributed by atoms with Crippen molar-refractivity contribution in [3.05, 3.63) is 73.6 Å². The smallest absolute Gasteiger partial charge is 0.416 e. The zero-order valence-electron chi connectivity index (χ0n) is 19.3. The minimum atomic E-state index is -4.99. The lowest BCUT2D eigenvalue weighted by molar-refractivity contribution is -0.207. The summed E-state index contributed by atoms with van der Waals surface area (Å²) in [5.41, 5.74) is 4.62. The molecule has 38 heavy (non-hydrogen) atoms. The molecule has 0 spiro atoms. The third-order valence-corrected chi connectivity index (χ3v) is 6.44. The average molecular weight is 596 g/mol. The first-order chi connectivity index (χ1) is 17.8. The van der Waals surface area contributed by atoms with E-state index in [-0.39, 0.29) is 34.3 Å². The second-order valence-electron chi connectivity index (χ2n) is 8.08. The molecule has 2 atom stereocenters. The van der Waals surface area contributed by atoms with Crippen LogP contribution in [0, 0.1) is 0 Å². The Morgan fingerprint density at radius 2 is 1.76 bits per heavy atom. The van der Waals surface area contributed by atoms with Gasteiger partial charge in [0.15, 0.2) is 17.7 Å². The molecule has 1 amide bonds. The largest absolute Gasteiger partial charge is 0.441 e. The number of hydrogen-bond donors (Lipinski definition) is 2. The van der Waals surface area contributed by atoms with Gasteiger partial charge in [-0.2, -0.15) is 13.2 Å². The standard InChI is InChI=1S/C23H20Cl3F3N4O5/c24-13-6-4-12(5-7-13)20-31-33(22(37)32(20)11-18(35)23(27,28)29)10-14(34)8-9-17(38-21(30)36)15-2-1-3-16(25)19(15)26/h1-7,17-18,35H,8-11H2,(H2,30,36)/t17?,18-/m0/s1. The molecule has 1 unspecified atom stereocenters. The molecule has 0 radical (unpaired) electrons. The van der Waals surface area contributed by atoms with Crippen molar-refractivity contribution >= 4 is 46.7 Å². The van der Waals surface area contributed by atoms with Gasteiger partial charge in [0.25, 0.3) is 0 Å². The van der Waals surface area contributed by atoms with Crippen molar-refractivity contribution in [1.29, 1.82) is 0 Å². The predicted molar refractivity (Wildman–Crippen MR) is 133 cm³/mol. The van der Waals surface area contributed by atoms with Gasteiger partial charge in [0.2, 0.25) is 0 Å². The first kappa shape index (κ1) is 29.5. The normalized spacial score (nSPS) is 13.2. The number of primary amides is 1. The number of ketones is 1. The SMILES string of the molecule is NC(=O)OC(CCC(=O)Cn1nc(-c2ccc(Cl)cc2)n(C[C@H](O)C(F)(F)F)c1=O)c1cccc(Cl)c1Cl. The number of rotatable bonds is 10. The fourth-order valence-electron chi connectivity index (χ4n) is 3.52. The Balaban J connectivity index is 1.85. The van der Waals surface area contributed by atoms with E-state index in [4.69, 9.17) is 45.3 Å². The summed E-state index contributed by atoms with van der Waals surface area (Å²) in [7, 11) is 0. The summed E-state index contributed by atoms with van der Waals surface area (Å²) in [5, 5.41) is 14.2. The molecule has 1 heterocycles. The number of nitrogens with zero attached hydrogens (tertiary/aromatic N) is 3. The monoisotopic (exact) mass is 594 g/mol. The maximum absolute atomic E-state index is 13.0. The van der Waals surface area contributed by atoms with Crippen molar-refractivity contribution in [2.75, 3.05) is 0 Å². The maximum Gasteiger partial charge on any atom is 0.416 e. The van der Waals surface area contributed by atoms with Gasteiger partial charge in [-0.05, 0) is 36.8 Å². The van der Waals surface area contributed by atoms with E-state index >= 15 is 0 Å². The summed E-state index contributed by atoms with van der Waals surface area (Å²) < 4.78 is 45.4. The topological polar surface area (TPSA) is 129 Å². The van der Waals surface area contributed by atoms with Crippen molar-refractivity contribution in [3.63, 3.8) is 0 Å². The van der Waals surface area contributed by atoms with Crippen molar-refractivity contribution in [3.8, 4) is 11.4 Å². The fraction of sp³-hybridized carbons (Fsp3) is 0.304. The van der Waals surface area contributed by atoms with Gasteiger partial charge in [-0.15, -0.1) is 5.10 Å². The molecule has 0 aliphatic carbocycles. The van der Waals surface area contributed by atoms with Gasteiger partial charge in [-0.1, -0.05) is 46.9 Å². The molecule has 0 fully saturated rings. The second-order valence-corrected chi connectivity index (χ2v) is 9.31. The van der Waals surface area contributed by atoms with E-state index in [9.17, 15) is 32.7 Å². The van der Waals surface area contributed by atoms with Crippen LogP contribution in [0.5, 0.6) is 0 Å². The molecule has 3 aromatic rings. The summed E-state index contributed by atoms with van der Waals surface area (Å²) in [6.07, 6.45) is -10.3. The Morgan fingerprint density at radius 1 is 1.11 bits per heavy atom. The fourth-order valence-corrected chi connectivity index (χ4v) is 4.08. The van der Waals surface area contributed by atoms with Crippen LogP contribution in [0.1, 0.15) is 24.5 Å². The Bertz CT molecular complexity index is 1380. The van der Waals surface area contributed by atoms with Crippen LogP contribution in [-0.2, 0) is 22.6 Å². The van der Waals surface area contributed by atoms with Crippen molar-refractivity contribution in [1.82, 2.24) is 14.3 Å². The Morgan fingerprint density at radius 3 is 2.37 bits per heavy atom. The molecule has 3 rings (SSSR count). The number of nitrogens with two attached hydrogens (primary N) is 1. The summed E-state index contributed by atoms with van der Waals surface area (Å²) in [4.78, 5) is 37.0. The summed E-state index contributed by atoms with van der Waals surface area (Å²) >= 11 is 18.1. The van der Waals surface area contributed by atoms with Gasteiger partial charge in [0.1, 0.15) is 12.6 Å². The number of benzene rings is 2. The Hall–Kier alpha value is -3.06. The number of aliphatic hydroxyl groups is 1. The predicted octanol–water partition coefficient (Wildman–Crippen LogP) is 4.78. The van der Waals surface area contributed by atoms with E-state index in [1.165, 1.54) is 36.4 Å². The van der Waals surface area contributed by atoms with Crippen LogP contribution < -0.4 is 11.4 Å². The number of aliphatic hydroxyl groups excluding tert-OH is 1. The summed E-state index contributed by atoms with van der Waals surface area (Å²) in [6, 6.07) is 10.3. The van der Waals surface area contributed by atoms with Crippen molar-refractivity contribution in [2.24, 2.45) is 5.73 Å². The molecule has 3 N–H and O–H groups in total. The van der Waals surface area contributed by atoms with Crippen molar-refractivity contribution in [2.45, 2.75) is 44.3 Å². The van der Waals surface area contributed by atoms with Crippen LogP contribution in [-0.4, -0.2) is 43.6 Å². The third kappa shape index (κ3) is 7.28. The lowest BCUT2D eigenvalue weighted by Crippen LogP contribution is -2.37. The van der Waals surface area contributed by atoms with Gasteiger partial charge < -0.3 is 15.6 Å². The zero-order valence-corrected chi connectivity index (χ0v) is 21.6. The van der Waals surface area contributed by atoms with Gasteiger partial charge in [-0.25, -0.2) is 14.3 Å². The highest BCUT2D eigenvalue weighted by atomic mass is 35.5. The van der Waals surface area contributed by atoms with Crippen LogP contribution >= 0.6 is 34.8 Å². The lowest BCUT2D eigenvalue weighted by atomic mass is 10.0. The van der Waals surface area contributed by atoms with Gasteiger partial charge >= 0.3 is 18.0 Å². The molecule has 15 heteroatoms. The molecule has 0 saturated carbocycles. The highest BCUT2D eigenvalue weighted by molar-refractivity contribution is 6.42. The molecule has 204 valence electrons. The molecule has 0 bridgehead atoms. The van der Waals surface area contributed by atoms with E-state index < -0.39 is 49.0 Å². The minimum absolute atomic E-state index is 0.0892. The highest BCUT2D eigenvalue weighted by Gasteiger charge is 2.39. The number of Topliss-reactive ketones (excluding diaryl/α,β-unsaturated/α-hetero) is 1. The van der Waals surface area contributed by atoms with Gasteiger partial charge in [0, 0.05) is 22.6 Å². The quantitative estimate of drug-likeness (QED) is 0.347. The molecule has 9 nitrogen and oxygen atoms in total. The van der Waals surface area contributed by atoms with E-state index in [2.05, 4.69) is 5.10 Å². The van der Waals surface area contributed by atoms with Crippen LogP contribution in [0.15, 0.2) is 47.3 Å². The van der Waals surface area contributed by atoms with E-state index in [1.54, 1.807) is 6.07 Å². The molecular formula is C23H20Cl3F3N4O5. The number of hydrogen-bond acceptors (Lipinski definition) is 6. The average Bonchev–Trinajstić information content (AvgIpc) is 3.13. The zero-order chi connectivity index (χ0) is 28.2. The first-order valence-electron chi connectivity index (χ1n) is 10.9. The van der Waals surface area contributed by atoms with Crippen LogP contribution in [0.4, 0.5) is 18.0 Å². The highest BCUT2D eigenvalue weighted by Crippen LogP contribution is 2.34. The Kier molecular flexibility index (Phi) is 9.47. The van der Waals surface area contributed by atoms with Gasteiger partial charge in [0.05, 0.1) is 16.6 Å². The molecular weight excluding hydrogens is 576 g/mol. The van der Waals surface area contributed by atoms with E-state index in [0.29, 0.717) is 19.8 Å². The molecule has 0 aliphatic heterocycles. The van der Waals surface area contributed by atoms with E-state index in [0.717, 1.165) is 0 Å². The number of carbonyl (C=O) groups excluding carboxylic acids is 2. The number of amides is 1. The van der Waals surface area contributed by atoms with Crippen LogP contribution in [0.2, 0.25) is 15.1 Å². The van der Waals surface area contributed by atoms with Crippen molar-refractivity contribution < 1.29 is 32.6 Å². The first-order valence-corrected chi connectivity index (χ1v) is 12.0. The molecule has 0 aliphatic rings. The molecule has 2 aromatic carbocycles. The molecule has 0 saturated heterocycles. The van der Waals surface area contributed by atoms with Gasteiger partial charge in [-0.3, -0.25) is 9.36 Å². The Labute approximate surface area is 228 Å². The number of ether oxygens (including phenoxy) is 1. The minimum Gasteiger partial charge on any atom is -0.441 e. The van der Waals surface area contributed by atoms with Crippen LogP contribution in [0.3, 0.4) is 0 Å².